The Hall–Kier alpha value is -1.64. The van der Waals surface area contributed by atoms with Crippen molar-refractivity contribution >= 4 is 0 Å². The smallest absolute Gasteiger partial charge is 0.138 e. The minimum Gasteiger partial charge on any atom is -0.250 e. The molecule has 0 saturated heterocycles. The second-order valence-electron chi connectivity index (χ2n) is 3.92. The monoisotopic (exact) mass is 215 g/mol. The van der Waals surface area contributed by atoms with Gasteiger partial charge in [-0.25, -0.2) is 9.67 Å². The van der Waals surface area contributed by atoms with E-state index >= 15 is 0 Å². The maximum atomic E-state index is 4.32. The maximum absolute atomic E-state index is 4.32. The summed E-state index contributed by atoms with van der Waals surface area (Å²) in [6.07, 6.45) is 4.86. The molecule has 0 amide bonds. The van der Waals surface area contributed by atoms with Crippen molar-refractivity contribution in [2.45, 2.75) is 32.7 Å². The van der Waals surface area contributed by atoms with Crippen molar-refractivity contribution in [2.24, 2.45) is 0 Å². The van der Waals surface area contributed by atoms with Gasteiger partial charge in [-0.15, -0.1) is 0 Å². The molecule has 16 heavy (non-hydrogen) atoms. The Labute approximate surface area is 96.1 Å². The predicted molar refractivity (Wildman–Crippen MR) is 64.2 cm³/mol. The lowest BCUT2D eigenvalue weighted by atomic mass is 10.1. The van der Waals surface area contributed by atoms with E-state index in [4.69, 9.17) is 0 Å². The molecule has 0 spiro atoms. The Balaban J connectivity index is 2.07. The highest BCUT2D eigenvalue weighted by Gasteiger charge is 2.04. The number of nitrogens with zero attached hydrogens (tertiary/aromatic N) is 3. The van der Waals surface area contributed by atoms with E-state index < -0.39 is 0 Å². The van der Waals surface area contributed by atoms with Crippen LogP contribution in [-0.4, -0.2) is 14.8 Å². The fourth-order valence-corrected chi connectivity index (χ4v) is 1.70. The molecule has 0 aliphatic carbocycles. The summed E-state index contributed by atoms with van der Waals surface area (Å²) in [5, 5.41) is 4.26. The van der Waals surface area contributed by atoms with Gasteiger partial charge in [0.1, 0.15) is 12.2 Å². The van der Waals surface area contributed by atoms with Gasteiger partial charge in [0.25, 0.3) is 0 Å². The van der Waals surface area contributed by atoms with Crippen LogP contribution in [0.15, 0.2) is 36.7 Å². The van der Waals surface area contributed by atoms with Gasteiger partial charge in [0.05, 0.1) is 0 Å². The van der Waals surface area contributed by atoms with Crippen molar-refractivity contribution in [1.82, 2.24) is 14.8 Å². The molecule has 84 valence electrons. The molecule has 3 heteroatoms. The summed E-state index contributed by atoms with van der Waals surface area (Å²) < 4.78 is 2.01. The highest BCUT2D eigenvalue weighted by molar-refractivity contribution is 5.18. The number of hydrogen-bond acceptors (Lipinski definition) is 2. The summed E-state index contributed by atoms with van der Waals surface area (Å²) in [6.45, 7) is 3.16. The van der Waals surface area contributed by atoms with Crippen molar-refractivity contribution in [2.75, 3.05) is 0 Å². The second kappa shape index (κ2) is 5.45. The van der Waals surface area contributed by atoms with Crippen molar-refractivity contribution in [3.8, 4) is 0 Å². The van der Waals surface area contributed by atoms with Gasteiger partial charge in [-0.3, -0.25) is 0 Å². The van der Waals surface area contributed by atoms with E-state index in [2.05, 4.69) is 41.3 Å². The molecule has 0 atom stereocenters. The summed E-state index contributed by atoms with van der Waals surface area (Å²) in [7, 11) is 0. The largest absolute Gasteiger partial charge is 0.250 e. The fraction of sp³-hybridized carbons (Fsp3) is 0.385. The molecule has 0 aliphatic heterocycles. The lowest BCUT2D eigenvalue weighted by Crippen LogP contribution is -2.06. The van der Waals surface area contributed by atoms with Crippen molar-refractivity contribution < 1.29 is 0 Å². The van der Waals surface area contributed by atoms with Gasteiger partial charge >= 0.3 is 0 Å². The molecular weight excluding hydrogens is 198 g/mol. The van der Waals surface area contributed by atoms with Crippen LogP contribution in [0.3, 0.4) is 0 Å². The van der Waals surface area contributed by atoms with Crippen molar-refractivity contribution in [3.63, 3.8) is 0 Å². The van der Waals surface area contributed by atoms with E-state index in [1.54, 1.807) is 6.33 Å². The molecule has 3 nitrogen and oxygen atoms in total. The van der Waals surface area contributed by atoms with Gasteiger partial charge in [0.2, 0.25) is 0 Å². The number of unbranched alkanes of at least 4 members (excludes halogenated alkanes) is 1. The maximum Gasteiger partial charge on any atom is 0.138 e. The lowest BCUT2D eigenvalue weighted by molar-refractivity contribution is 0.550. The third-order valence-corrected chi connectivity index (χ3v) is 2.62. The van der Waals surface area contributed by atoms with E-state index in [0.29, 0.717) is 0 Å². The van der Waals surface area contributed by atoms with Crippen LogP contribution in [0.1, 0.15) is 31.2 Å². The first kappa shape index (κ1) is 10.9. The number of benzene rings is 1. The number of aromatic nitrogens is 3. The number of rotatable bonds is 5. The molecule has 0 radical (unpaired) electrons. The van der Waals surface area contributed by atoms with Crippen LogP contribution < -0.4 is 0 Å². The van der Waals surface area contributed by atoms with Gasteiger partial charge in [-0.1, -0.05) is 43.7 Å². The van der Waals surface area contributed by atoms with Crippen molar-refractivity contribution in [1.29, 1.82) is 0 Å². The van der Waals surface area contributed by atoms with Gasteiger partial charge in [-0.05, 0) is 12.0 Å². The molecule has 0 aliphatic rings. The molecule has 0 unspecified atom stereocenters. The quantitative estimate of drug-likeness (QED) is 0.767. The average Bonchev–Trinajstić information content (AvgIpc) is 2.75. The molecule has 1 heterocycles. The van der Waals surface area contributed by atoms with Gasteiger partial charge in [0, 0.05) is 13.0 Å². The fourth-order valence-electron chi connectivity index (χ4n) is 1.70. The Morgan fingerprint density at radius 3 is 2.75 bits per heavy atom. The highest BCUT2D eigenvalue weighted by Crippen LogP contribution is 2.07. The topological polar surface area (TPSA) is 30.7 Å². The van der Waals surface area contributed by atoms with Crippen LogP contribution in [0.4, 0.5) is 0 Å². The average molecular weight is 215 g/mol. The van der Waals surface area contributed by atoms with Gasteiger partial charge in [-0.2, -0.15) is 5.10 Å². The zero-order chi connectivity index (χ0) is 11.2. The van der Waals surface area contributed by atoms with Gasteiger partial charge < -0.3 is 0 Å². The standard InChI is InChI=1S/C13H17N3/c1-2-3-9-16-13(14-11-15-16)10-12-7-5-4-6-8-12/h4-8,11H,2-3,9-10H2,1H3. The first-order valence-electron chi connectivity index (χ1n) is 5.80. The molecular formula is C13H17N3. The van der Waals surface area contributed by atoms with E-state index in [9.17, 15) is 0 Å². The van der Waals surface area contributed by atoms with Gasteiger partial charge in [0.15, 0.2) is 0 Å². The number of hydrogen-bond donors (Lipinski definition) is 0. The Morgan fingerprint density at radius 1 is 1.19 bits per heavy atom. The van der Waals surface area contributed by atoms with Crippen LogP contribution in [0, 0.1) is 0 Å². The van der Waals surface area contributed by atoms with E-state index in [0.717, 1.165) is 25.2 Å². The molecule has 0 fully saturated rings. The zero-order valence-corrected chi connectivity index (χ0v) is 9.63. The third-order valence-electron chi connectivity index (χ3n) is 2.62. The van der Waals surface area contributed by atoms with Crippen LogP contribution in [-0.2, 0) is 13.0 Å². The van der Waals surface area contributed by atoms with Crippen LogP contribution in [0.2, 0.25) is 0 Å². The molecule has 2 rings (SSSR count). The minimum absolute atomic E-state index is 0.866. The first-order chi connectivity index (χ1) is 7.90. The molecule has 0 N–H and O–H groups in total. The number of aryl methyl sites for hydroxylation is 1. The van der Waals surface area contributed by atoms with E-state index in [-0.39, 0.29) is 0 Å². The highest BCUT2D eigenvalue weighted by atomic mass is 15.3. The summed E-state index contributed by atoms with van der Waals surface area (Å²) in [5.74, 6) is 1.06. The predicted octanol–water partition coefficient (Wildman–Crippen LogP) is 2.67. The van der Waals surface area contributed by atoms with Crippen LogP contribution in [0.25, 0.3) is 0 Å². The normalized spacial score (nSPS) is 10.6. The Kier molecular flexibility index (Phi) is 3.70. The molecule has 2 aromatic rings. The lowest BCUT2D eigenvalue weighted by Gasteiger charge is -2.04. The Bertz CT molecular complexity index is 420. The summed E-state index contributed by atoms with van der Waals surface area (Å²) in [6, 6.07) is 10.4. The van der Waals surface area contributed by atoms with Crippen LogP contribution in [0.5, 0.6) is 0 Å². The van der Waals surface area contributed by atoms with Crippen molar-refractivity contribution in [3.05, 3.63) is 48.0 Å². The summed E-state index contributed by atoms with van der Waals surface area (Å²) >= 11 is 0. The first-order valence-corrected chi connectivity index (χ1v) is 5.80. The third kappa shape index (κ3) is 2.69. The summed E-state index contributed by atoms with van der Waals surface area (Å²) in [5.41, 5.74) is 1.29. The van der Waals surface area contributed by atoms with E-state index in [1.165, 1.54) is 12.0 Å². The SMILES string of the molecule is CCCCn1ncnc1Cc1ccccc1. The molecule has 0 saturated carbocycles. The van der Waals surface area contributed by atoms with Crippen LogP contribution >= 0.6 is 0 Å². The summed E-state index contributed by atoms with van der Waals surface area (Å²) in [4.78, 5) is 4.32. The molecule has 0 bridgehead atoms. The molecule has 1 aromatic heterocycles. The zero-order valence-electron chi connectivity index (χ0n) is 9.63. The van der Waals surface area contributed by atoms with E-state index in [1.807, 2.05) is 10.7 Å². The molecule has 1 aromatic carbocycles. The second-order valence-corrected chi connectivity index (χ2v) is 3.92. The Morgan fingerprint density at radius 2 is 2.00 bits per heavy atom. The minimum atomic E-state index is 0.866.